The minimum atomic E-state index is -1.06. The van der Waals surface area contributed by atoms with Gasteiger partial charge in [0.2, 0.25) is 5.91 Å². The Kier molecular flexibility index (Phi) is 8.55. The summed E-state index contributed by atoms with van der Waals surface area (Å²) in [7, 11) is -1.06. The van der Waals surface area contributed by atoms with Gasteiger partial charge in [0.05, 0.1) is 0 Å². The highest BCUT2D eigenvalue weighted by Gasteiger charge is 2.19. The molecule has 0 heterocycles. The molecule has 4 heteroatoms. The Bertz CT molecular complexity index is 301. The van der Waals surface area contributed by atoms with Gasteiger partial charge in [-0.1, -0.05) is 47.5 Å². The van der Waals surface area contributed by atoms with Crippen molar-refractivity contribution in [3.8, 4) is 0 Å². The van der Waals surface area contributed by atoms with Crippen molar-refractivity contribution in [3.63, 3.8) is 0 Å². The normalized spacial score (nSPS) is 15.3. The standard InChI is InChI=1S/C15H31NO2S/c1-7-15(4,5)10-8-9-13(12(2)3)16-14(17)11-19(6)18/h12-13H,7-11H2,1-6H3,(H,16,17). The Morgan fingerprint density at radius 1 is 1.32 bits per heavy atom. The van der Waals surface area contributed by atoms with E-state index >= 15 is 0 Å². The summed E-state index contributed by atoms with van der Waals surface area (Å²) in [5.41, 5.74) is 0.385. The van der Waals surface area contributed by atoms with E-state index in [0.29, 0.717) is 11.3 Å². The molecule has 0 radical (unpaired) electrons. The van der Waals surface area contributed by atoms with Crippen LogP contribution in [-0.4, -0.2) is 28.2 Å². The highest BCUT2D eigenvalue weighted by atomic mass is 32.2. The largest absolute Gasteiger partial charge is 0.352 e. The number of amides is 1. The van der Waals surface area contributed by atoms with Crippen LogP contribution in [0.1, 0.15) is 60.3 Å². The molecule has 1 amide bonds. The van der Waals surface area contributed by atoms with Crippen LogP contribution in [0.2, 0.25) is 0 Å². The molecule has 0 aromatic carbocycles. The lowest BCUT2D eigenvalue weighted by Crippen LogP contribution is -2.40. The first-order valence-corrected chi connectivity index (χ1v) is 9.00. The summed E-state index contributed by atoms with van der Waals surface area (Å²) in [6.07, 6.45) is 6.05. The van der Waals surface area contributed by atoms with Crippen LogP contribution >= 0.6 is 0 Å². The summed E-state index contributed by atoms with van der Waals surface area (Å²) in [5.74, 6) is 0.442. The van der Waals surface area contributed by atoms with Crippen LogP contribution in [0.15, 0.2) is 0 Å². The fourth-order valence-electron chi connectivity index (χ4n) is 1.98. The van der Waals surface area contributed by atoms with Gasteiger partial charge in [0.15, 0.2) is 0 Å². The second kappa shape index (κ2) is 8.72. The molecule has 0 aliphatic carbocycles. The zero-order chi connectivity index (χ0) is 15.1. The molecule has 0 aliphatic rings. The maximum atomic E-state index is 11.7. The lowest BCUT2D eigenvalue weighted by molar-refractivity contribution is -0.119. The second-order valence-corrected chi connectivity index (χ2v) is 7.98. The predicted octanol–water partition coefficient (Wildman–Crippen LogP) is 3.11. The van der Waals surface area contributed by atoms with Crippen LogP contribution in [0.3, 0.4) is 0 Å². The molecule has 3 nitrogen and oxygen atoms in total. The molecule has 0 aliphatic heterocycles. The molecule has 0 spiro atoms. The summed E-state index contributed by atoms with van der Waals surface area (Å²) in [6.45, 7) is 11.0. The Balaban J connectivity index is 4.20. The fourth-order valence-corrected chi connectivity index (χ4v) is 2.44. The van der Waals surface area contributed by atoms with Crippen molar-refractivity contribution in [1.29, 1.82) is 0 Å². The minimum absolute atomic E-state index is 0.0886. The fraction of sp³-hybridized carbons (Fsp3) is 0.933. The quantitative estimate of drug-likeness (QED) is 0.709. The van der Waals surface area contributed by atoms with E-state index < -0.39 is 10.8 Å². The molecular weight excluding hydrogens is 258 g/mol. The van der Waals surface area contributed by atoms with Gasteiger partial charge in [-0.3, -0.25) is 9.00 Å². The van der Waals surface area contributed by atoms with E-state index in [1.165, 1.54) is 12.8 Å². The maximum Gasteiger partial charge on any atom is 0.232 e. The van der Waals surface area contributed by atoms with Gasteiger partial charge in [-0.2, -0.15) is 0 Å². The smallest absolute Gasteiger partial charge is 0.232 e. The zero-order valence-corrected chi connectivity index (χ0v) is 14.2. The van der Waals surface area contributed by atoms with Crippen LogP contribution in [0.5, 0.6) is 0 Å². The monoisotopic (exact) mass is 289 g/mol. The van der Waals surface area contributed by atoms with Crippen LogP contribution in [-0.2, 0) is 15.6 Å². The van der Waals surface area contributed by atoms with Crippen LogP contribution in [0.25, 0.3) is 0 Å². The van der Waals surface area contributed by atoms with Gasteiger partial charge in [-0.15, -0.1) is 0 Å². The van der Waals surface area contributed by atoms with Gasteiger partial charge in [-0.25, -0.2) is 0 Å². The van der Waals surface area contributed by atoms with Gasteiger partial charge in [0.25, 0.3) is 0 Å². The van der Waals surface area contributed by atoms with Crippen molar-refractivity contribution in [2.75, 3.05) is 12.0 Å². The first-order valence-electron chi connectivity index (χ1n) is 7.27. The number of carbonyl (C=O) groups excluding carboxylic acids is 1. The number of hydrogen-bond acceptors (Lipinski definition) is 2. The summed E-state index contributed by atoms with van der Waals surface area (Å²) in [4.78, 5) is 11.7. The van der Waals surface area contributed by atoms with Crippen molar-refractivity contribution in [2.24, 2.45) is 11.3 Å². The molecular formula is C15H31NO2S. The van der Waals surface area contributed by atoms with E-state index in [9.17, 15) is 9.00 Å². The molecule has 114 valence electrons. The topological polar surface area (TPSA) is 46.2 Å². The molecule has 0 saturated heterocycles. The first-order chi connectivity index (χ1) is 8.68. The van der Waals surface area contributed by atoms with Gasteiger partial charge >= 0.3 is 0 Å². The zero-order valence-electron chi connectivity index (χ0n) is 13.4. The average molecular weight is 289 g/mol. The Morgan fingerprint density at radius 2 is 1.89 bits per heavy atom. The van der Waals surface area contributed by atoms with Crippen molar-refractivity contribution >= 4 is 16.7 Å². The minimum Gasteiger partial charge on any atom is -0.352 e. The number of nitrogens with one attached hydrogen (secondary N) is 1. The molecule has 0 aromatic heterocycles. The van der Waals surface area contributed by atoms with E-state index in [2.05, 4.69) is 39.9 Å². The highest BCUT2D eigenvalue weighted by molar-refractivity contribution is 7.85. The van der Waals surface area contributed by atoms with Gasteiger partial charge < -0.3 is 5.32 Å². The van der Waals surface area contributed by atoms with Crippen LogP contribution in [0, 0.1) is 11.3 Å². The van der Waals surface area contributed by atoms with Crippen LogP contribution in [0.4, 0.5) is 0 Å². The van der Waals surface area contributed by atoms with Crippen molar-refractivity contribution < 1.29 is 9.00 Å². The molecule has 0 rings (SSSR count). The molecule has 0 bridgehead atoms. The summed E-state index contributed by atoms with van der Waals surface area (Å²) >= 11 is 0. The first kappa shape index (κ1) is 18.6. The molecule has 2 unspecified atom stereocenters. The third-order valence-electron chi connectivity index (χ3n) is 3.81. The van der Waals surface area contributed by atoms with E-state index in [-0.39, 0.29) is 17.7 Å². The predicted molar refractivity (Wildman–Crippen MR) is 83.6 cm³/mol. The number of hydrogen-bond donors (Lipinski definition) is 1. The Labute approximate surface area is 121 Å². The Morgan fingerprint density at radius 3 is 2.32 bits per heavy atom. The summed E-state index contributed by atoms with van der Waals surface area (Å²) < 4.78 is 11.0. The van der Waals surface area contributed by atoms with Crippen molar-refractivity contribution in [2.45, 2.75) is 66.3 Å². The van der Waals surface area contributed by atoms with E-state index in [0.717, 1.165) is 12.8 Å². The van der Waals surface area contributed by atoms with Crippen molar-refractivity contribution in [3.05, 3.63) is 0 Å². The summed E-state index contributed by atoms with van der Waals surface area (Å²) in [6, 6.07) is 0.198. The summed E-state index contributed by atoms with van der Waals surface area (Å²) in [5, 5.41) is 3.02. The Hall–Kier alpha value is -0.380. The second-order valence-electron chi connectivity index (χ2n) is 6.55. The van der Waals surface area contributed by atoms with Gasteiger partial charge in [0.1, 0.15) is 5.75 Å². The molecule has 2 atom stereocenters. The number of carbonyl (C=O) groups is 1. The van der Waals surface area contributed by atoms with Gasteiger partial charge in [0, 0.05) is 23.1 Å². The lowest BCUT2D eigenvalue weighted by atomic mass is 9.83. The maximum absolute atomic E-state index is 11.7. The van der Waals surface area contributed by atoms with E-state index in [4.69, 9.17) is 0 Å². The molecule has 0 aromatic rings. The van der Waals surface area contributed by atoms with E-state index in [1.54, 1.807) is 6.26 Å². The van der Waals surface area contributed by atoms with Crippen LogP contribution < -0.4 is 5.32 Å². The van der Waals surface area contributed by atoms with E-state index in [1.807, 2.05) is 0 Å². The SMILES string of the molecule is CCC(C)(C)CCCC(NC(=O)CS(C)=O)C(C)C. The van der Waals surface area contributed by atoms with Gasteiger partial charge in [-0.05, 0) is 24.2 Å². The lowest BCUT2D eigenvalue weighted by Gasteiger charge is -2.26. The van der Waals surface area contributed by atoms with Crippen molar-refractivity contribution in [1.82, 2.24) is 5.32 Å². The highest BCUT2D eigenvalue weighted by Crippen LogP contribution is 2.27. The molecule has 0 saturated carbocycles. The number of rotatable bonds is 9. The molecule has 1 N–H and O–H groups in total. The molecule has 0 fully saturated rings. The third kappa shape index (κ3) is 9.20. The molecule has 19 heavy (non-hydrogen) atoms. The average Bonchev–Trinajstić information content (AvgIpc) is 2.26. The third-order valence-corrected chi connectivity index (χ3v) is 4.48.